The third-order valence-electron chi connectivity index (χ3n) is 4.01. The third kappa shape index (κ3) is 2.65. The molecule has 122 valence electrons. The molecule has 0 atom stereocenters. The maximum absolute atomic E-state index is 12.4. The molecule has 0 aliphatic carbocycles. The number of carbonyl (C=O) groups excluding carboxylic acids is 1. The fraction of sp³-hybridized carbons (Fsp3) is 0.158. The van der Waals surface area contributed by atoms with Crippen molar-refractivity contribution in [3.8, 4) is 16.9 Å². The van der Waals surface area contributed by atoms with E-state index in [4.69, 9.17) is 9.47 Å². The van der Waals surface area contributed by atoms with E-state index in [9.17, 15) is 9.59 Å². The van der Waals surface area contributed by atoms with E-state index >= 15 is 0 Å². The van der Waals surface area contributed by atoms with E-state index in [-0.39, 0.29) is 11.5 Å². The highest BCUT2D eigenvalue weighted by molar-refractivity contribution is 5.97. The standard InChI is InChI=1S/C19H17NO4/c1-20-11-17(12-4-6-13(7-5-12)19(22)24-3)16-10-14(23-2)8-9-15(16)18(20)21/h4-11H,1-3H3. The Labute approximate surface area is 139 Å². The number of rotatable bonds is 3. The van der Waals surface area contributed by atoms with Crippen molar-refractivity contribution in [1.29, 1.82) is 0 Å². The summed E-state index contributed by atoms with van der Waals surface area (Å²) in [4.78, 5) is 23.9. The number of carbonyl (C=O) groups is 1. The Morgan fingerprint density at radius 3 is 2.33 bits per heavy atom. The number of pyridine rings is 1. The topological polar surface area (TPSA) is 57.5 Å². The summed E-state index contributed by atoms with van der Waals surface area (Å²) in [5, 5.41) is 1.43. The van der Waals surface area contributed by atoms with Crippen molar-refractivity contribution in [3.05, 3.63) is 64.6 Å². The van der Waals surface area contributed by atoms with Crippen molar-refractivity contribution in [2.75, 3.05) is 14.2 Å². The van der Waals surface area contributed by atoms with Crippen LogP contribution < -0.4 is 10.3 Å². The summed E-state index contributed by atoms with van der Waals surface area (Å²) < 4.78 is 11.5. The Balaban J connectivity index is 2.23. The van der Waals surface area contributed by atoms with Gasteiger partial charge in [0.05, 0.1) is 19.8 Å². The van der Waals surface area contributed by atoms with Gasteiger partial charge in [0, 0.05) is 29.6 Å². The molecule has 0 spiro atoms. The molecule has 2 aromatic carbocycles. The van der Waals surface area contributed by atoms with Gasteiger partial charge >= 0.3 is 5.97 Å². The van der Waals surface area contributed by atoms with Gasteiger partial charge in [0.15, 0.2) is 0 Å². The number of nitrogens with zero attached hydrogens (tertiary/aromatic N) is 1. The zero-order valence-electron chi connectivity index (χ0n) is 13.7. The van der Waals surface area contributed by atoms with Crippen molar-refractivity contribution >= 4 is 16.7 Å². The summed E-state index contributed by atoms with van der Waals surface area (Å²) in [6.45, 7) is 0. The van der Waals surface area contributed by atoms with Gasteiger partial charge in [-0.25, -0.2) is 4.79 Å². The number of hydrogen-bond acceptors (Lipinski definition) is 4. The van der Waals surface area contributed by atoms with Crippen LogP contribution in [0.25, 0.3) is 21.9 Å². The van der Waals surface area contributed by atoms with Crippen LogP contribution in [0.15, 0.2) is 53.5 Å². The lowest BCUT2D eigenvalue weighted by molar-refractivity contribution is 0.0601. The zero-order valence-corrected chi connectivity index (χ0v) is 13.7. The highest BCUT2D eigenvalue weighted by Crippen LogP contribution is 2.29. The average Bonchev–Trinajstić information content (AvgIpc) is 2.63. The SMILES string of the molecule is COC(=O)c1ccc(-c2cn(C)c(=O)c3ccc(OC)cc23)cc1. The van der Waals surface area contributed by atoms with Crippen LogP contribution in [-0.4, -0.2) is 24.8 Å². The van der Waals surface area contributed by atoms with E-state index in [1.165, 1.54) is 7.11 Å². The van der Waals surface area contributed by atoms with Gasteiger partial charge in [-0.05, 0) is 35.9 Å². The predicted octanol–water partition coefficient (Wildman–Crippen LogP) is 3.00. The number of aromatic nitrogens is 1. The molecule has 24 heavy (non-hydrogen) atoms. The highest BCUT2D eigenvalue weighted by atomic mass is 16.5. The first-order valence-corrected chi connectivity index (χ1v) is 7.41. The van der Waals surface area contributed by atoms with Crippen molar-refractivity contribution in [2.45, 2.75) is 0 Å². The summed E-state index contributed by atoms with van der Waals surface area (Å²) in [6.07, 6.45) is 1.79. The molecule has 0 N–H and O–H groups in total. The number of ether oxygens (including phenoxy) is 2. The molecule has 0 fully saturated rings. The van der Waals surface area contributed by atoms with Crippen LogP contribution in [-0.2, 0) is 11.8 Å². The second-order valence-corrected chi connectivity index (χ2v) is 5.44. The van der Waals surface area contributed by atoms with E-state index in [1.54, 1.807) is 49.2 Å². The molecule has 5 nitrogen and oxygen atoms in total. The minimum atomic E-state index is -0.381. The number of esters is 1. The Morgan fingerprint density at radius 1 is 1.00 bits per heavy atom. The summed E-state index contributed by atoms with van der Waals surface area (Å²) in [5.41, 5.74) is 2.20. The maximum Gasteiger partial charge on any atom is 0.337 e. The predicted molar refractivity (Wildman–Crippen MR) is 92.5 cm³/mol. The third-order valence-corrected chi connectivity index (χ3v) is 4.01. The highest BCUT2D eigenvalue weighted by Gasteiger charge is 2.11. The Bertz CT molecular complexity index is 971. The molecule has 0 radical (unpaired) electrons. The Hall–Kier alpha value is -3.08. The summed E-state index contributed by atoms with van der Waals surface area (Å²) in [5.74, 6) is 0.303. The smallest absolute Gasteiger partial charge is 0.337 e. The van der Waals surface area contributed by atoms with Gasteiger partial charge in [0.1, 0.15) is 5.75 Å². The fourth-order valence-electron chi connectivity index (χ4n) is 2.71. The van der Waals surface area contributed by atoms with Gasteiger partial charge in [0.2, 0.25) is 0 Å². The molecule has 0 amide bonds. The lowest BCUT2D eigenvalue weighted by atomic mass is 9.99. The summed E-state index contributed by atoms with van der Waals surface area (Å²) in [7, 11) is 4.66. The molecule has 0 bridgehead atoms. The van der Waals surface area contributed by atoms with E-state index in [0.717, 1.165) is 16.5 Å². The van der Waals surface area contributed by atoms with Crippen LogP contribution in [0.5, 0.6) is 5.75 Å². The molecule has 1 aromatic heterocycles. The number of benzene rings is 2. The minimum absolute atomic E-state index is 0.0671. The van der Waals surface area contributed by atoms with Crippen molar-refractivity contribution < 1.29 is 14.3 Å². The molecule has 0 saturated carbocycles. The largest absolute Gasteiger partial charge is 0.497 e. The minimum Gasteiger partial charge on any atom is -0.497 e. The van der Waals surface area contributed by atoms with Gasteiger partial charge in [-0.1, -0.05) is 12.1 Å². The number of aryl methyl sites for hydroxylation is 1. The monoisotopic (exact) mass is 323 g/mol. The van der Waals surface area contributed by atoms with Crippen molar-refractivity contribution in [1.82, 2.24) is 4.57 Å². The summed E-state index contributed by atoms with van der Waals surface area (Å²) in [6, 6.07) is 12.5. The van der Waals surface area contributed by atoms with E-state index in [0.29, 0.717) is 16.7 Å². The average molecular weight is 323 g/mol. The molecule has 0 aliphatic heterocycles. The second-order valence-electron chi connectivity index (χ2n) is 5.44. The van der Waals surface area contributed by atoms with Crippen LogP contribution >= 0.6 is 0 Å². The molecule has 3 rings (SSSR count). The zero-order chi connectivity index (χ0) is 17.3. The van der Waals surface area contributed by atoms with Gasteiger partial charge in [-0.15, -0.1) is 0 Å². The Morgan fingerprint density at radius 2 is 1.71 bits per heavy atom. The van der Waals surface area contributed by atoms with Crippen LogP contribution in [0.1, 0.15) is 10.4 Å². The lowest BCUT2D eigenvalue weighted by Gasteiger charge is -2.11. The van der Waals surface area contributed by atoms with E-state index in [2.05, 4.69) is 0 Å². The van der Waals surface area contributed by atoms with E-state index in [1.807, 2.05) is 18.2 Å². The van der Waals surface area contributed by atoms with Crippen molar-refractivity contribution in [2.24, 2.45) is 7.05 Å². The van der Waals surface area contributed by atoms with Crippen LogP contribution in [0, 0.1) is 0 Å². The van der Waals surface area contributed by atoms with Crippen molar-refractivity contribution in [3.63, 3.8) is 0 Å². The van der Waals surface area contributed by atoms with E-state index < -0.39 is 0 Å². The second kappa shape index (κ2) is 6.20. The number of hydrogen-bond donors (Lipinski definition) is 0. The first kappa shape index (κ1) is 15.8. The lowest BCUT2D eigenvalue weighted by Crippen LogP contribution is -2.16. The fourth-order valence-corrected chi connectivity index (χ4v) is 2.71. The first-order chi connectivity index (χ1) is 11.5. The molecular weight excluding hydrogens is 306 g/mol. The first-order valence-electron chi connectivity index (χ1n) is 7.41. The van der Waals surface area contributed by atoms with Crippen LogP contribution in [0.4, 0.5) is 0 Å². The molecule has 3 aromatic rings. The van der Waals surface area contributed by atoms with Gasteiger partial charge < -0.3 is 14.0 Å². The maximum atomic E-state index is 12.4. The molecule has 0 aliphatic rings. The quantitative estimate of drug-likeness (QED) is 0.695. The molecule has 1 heterocycles. The van der Waals surface area contributed by atoms with Crippen LogP contribution in [0.3, 0.4) is 0 Å². The molecule has 0 unspecified atom stereocenters. The van der Waals surface area contributed by atoms with Gasteiger partial charge in [-0.3, -0.25) is 4.79 Å². The molecule has 0 saturated heterocycles. The van der Waals surface area contributed by atoms with Crippen LogP contribution in [0.2, 0.25) is 0 Å². The Kier molecular flexibility index (Phi) is 4.08. The van der Waals surface area contributed by atoms with Gasteiger partial charge in [0.25, 0.3) is 5.56 Å². The number of fused-ring (bicyclic) bond motifs is 1. The molecule has 5 heteroatoms. The summed E-state index contributed by atoms with van der Waals surface area (Å²) >= 11 is 0. The normalized spacial score (nSPS) is 10.6. The number of methoxy groups -OCH3 is 2. The van der Waals surface area contributed by atoms with Gasteiger partial charge in [-0.2, -0.15) is 0 Å². The molecular formula is C19H17NO4.